The molecule has 34 heavy (non-hydrogen) atoms. The lowest BCUT2D eigenvalue weighted by atomic mass is 9.98. The largest absolute Gasteiger partial charge is 0.378 e. The predicted octanol–water partition coefficient (Wildman–Crippen LogP) is 5.99. The molecular weight excluding hydrogens is 469 g/mol. The normalized spacial score (nSPS) is 13.0. The Bertz CT molecular complexity index is 1360. The molecule has 0 bridgehead atoms. The molecule has 0 atom stereocenters. The molecule has 0 spiro atoms. The van der Waals surface area contributed by atoms with E-state index >= 15 is 0 Å². The Kier molecular flexibility index (Phi) is 6.39. The number of aryl methyl sites for hydroxylation is 2. The first-order chi connectivity index (χ1) is 16.6. The van der Waals surface area contributed by atoms with Crippen molar-refractivity contribution >= 4 is 40.1 Å². The number of nitrogens with one attached hydrogen (secondary N) is 2. The van der Waals surface area contributed by atoms with Gasteiger partial charge in [0.05, 0.1) is 6.54 Å². The Hall–Kier alpha value is -3.16. The monoisotopic (exact) mass is 493 g/mol. The van der Waals surface area contributed by atoms with Crippen LogP contribution in [0.4, 0.5) is 10.1 Å². The van der Waals surface area contributed by atoms with Gasteiger partial charge in [0.2, 0.25) is 0 Å². The summed E-state index contributed by atoms with van der Waals surface area (Å²) in [6.45, 7) is 5.80. The van der Waals surface area contributed by atoms with Crippen LogP contribution in [0.5, 0.6) is 0 Å². The minimum Gasteiger partial charge on any atom is -0.378 e. The maximum Gasteiger partial charge on any atom is 0.150 e. The lowest BCUT2D eigenvalue weighted by Crippen LogP contribution is -2.24. The van der Waals surface area contributed by atoms with Gasteiger partial charge in [-0.2, -0.15) is 5.10 Å². The molecule has 2 aromatic carbocycles. The van der Waals surface area contributed by atoms with Crippen LogP contribution in [0, 0.1) is 5.82 Å². The van der Waals surface area contributed by atoms with Crippen molar-refractivity contribution in [2.24, 2.45) is 0 Å². The molecule has 8 heteroatoms. The average Bonchev–Trinajstić information content (AvgIpc) is 3.24. The van der Waals surface area contributed by atoms with Gasteiger partial charge in [-0.05, 0) is 61.2 Å². The summed E-state index contributed by atoms with van der Waals surface area (Å²) >= 11 is 11.8. The van der Waals surface area contributed by atoms with E-state index in [-0.39, 0.29) is 5.82 Å². The third-order valence-corrected chi connectivity index (χ3v) is 6.70. The van der Waals surface area contributed by atoms with Crippen LogP contribution in [0.2, 0.25) is 5.02 Å². The van der Waals surface area contributed by atoms with E-state index in [1.165, 1.54) is 17.7 Å². The Morgan fingerprint density at radius 1 is 1.15 bits per heavy atom. The number of rotatable bonds is 7. The van der Waals surface area contributed by atoms with Gasteiger partial charge in [-0.15, -0.1) is 6.58 Å². The summed E-state index contributed by atoms with van der Waals surface area (Å²) in [5, 5.41) is 12.4. The highest BCUT2D eigenvalue weighted by Gasteiger charge is 2.28. The minimum absolute atomic E-state index is 0.259. The second-order valence-electron chi connectivity index (χ2n) is 8.33. The van der Waals surface area contributed by atoms with E-state index in [0.29, 0.717) is 23.1 Å². The first kappa shape index (κ1) is 22.6. The van der Waals surface area contributed by atoms with Gasteiger partial charge in [-0.25, -0.2) is 8.91 Å². The summed E-state index contributed by atoms with van der Waals surface area (Å²) in [7, 11) is 0. The fourth-order valence-electron chi connectivity index (χ4n) is 4.57. The summed E-state index contributed by atoms with van der Waals surface area (Å²) in [5.74, 6) is 0.678. The molecule has 0 fully saturated rings. The summed E-state index contributed by atoms with van der Waals surface area (Å²) in [6, 6.07) is 14.3. The maximum atomic E-state index is 13.7. The molecule has 4 aromatic rings. The van der Waals surface area contributed by atoms with E-state index in [2.05, 4.69) is 21.8 Å². The lowest BCUT2D eigenvalue weighted by Gasteiger charge is -2.11. The fraction of sp³-hybridized carbons (Fsp3) is 0.231. The van der Waals surface area contributed by atoms with Gasteiger partial charge in [-0.1, -0.05) is 42.0 Å². The van der Waals surface area contributed by atoms with Crippen LogP contribution in [-0.4, -0.2) is 25.7 Å². The topological polar surface area (TPSA) is 46.3 Å². The second kappa shape index (κ2) is 9.60. The van der Waals surface area contributed by atoms with Gasteiger partial charge in [0.25, 0.3) is 0 Å². The zero-order valence-electron chi connectivity index (χ0n) is 18.7. The van der Waals surface area contributed by atoms with Gasteiger partial charge >= 0.3 is 0 Å². The molecule has 0 aliphatic carbocycles. The van der Waals surface area contributed by atoms with Crippen LogP contribution in [-0.2, 0) is 19.5 Å². The molecule has 1 aliphatic rings. The van der Waals surface area contributed by atoms with E-state index < -0.39 is 0 Å². The van der Waals surface area contributed by atoms with Gasteiger partial charge in [-0.3, -0.25) is 0 Å². The van der Waals surface area contributed by atoms with Crippen molar-refractivity contribution in [2.75, 3.05) is 11.9 Å². The molecule has 2 aromatic heterocycles. The van der Waals surface area contributed by atoms with Crippen LogP contribution in [0.3, 0.4) is 0 Å². The van der Waals surface area contributed by atoms with E-state index in [0.717, 1.165) is 59.8 Å². The quantitative estimate of drug-likeness (QED) is 0.245. The van der Waals surface area contributed by atoms with Crippen LogP contribution in [0.25, 0.3) is 16.8 Å². The Morgan fingerprint density at radius 3 is 2.65 bits per heavy atom. The molecule has 0 amide bonds. The third kappa shape index (κ3) is 4.21. The smallest absolute Gasteiger partial charge is 0.150 e. The van der Waals surface area contributed by atoms with Crippen molar-refractivity contribution in [1.82, 2.24) is 19.5 Å². The summed E-state index contributed by atoms with van der Waals surface area (Å²) in [6.07, 6.45) is 4.81. The Morgan fingerprint density at radius 2 is 1.91 bits per heavy atom. The van der Waals surface area contributed by atoms with Crippen molar-refractivity contribution in [1.29, 1.82) is 0 Å². The number of aromatic nitrogens is 3. The van der Waals surface area contributed by atoms with Gasteiger partial charge in [0, 0.05) is 34.9 Å². The van der Waals surface area contributed by atoms with E-state index in [1.807, 2.05) is 40.9 Å². The van der Waals surface area contributed by atoms with Crippen molar-refractivity contribution in [3.63, 3.8) is 0 Å². The number of benzene rings is 2. The van der Waals surface area contributed by atoms with Crippen molar-refractivity contribution in [3.05, 3.63) is 89.1 Å². The number of nitrogens with zero attached hydrogens (tertiary/aromatic N) is 3. The Balaban J connectivity index is 1.64. The SMILES string of the molecule is C=CCNC(=S)c1c(-c2ccc(F)cc2)c2c3n(c(CNc4ccc(Cl)cc4)nn13)CCCC2. The standard InChI is InChI=1S/C26H25ClFN5S/c1-2-14-29-25(34)24-23(17-6-10-19(28)11-7-17)21-5-3-4-15-32-22(31-33(24)26(21)32)16-30-20-12-8-18(27)9-13-20/h2,6-13,30H,1,3-5,14-16H2,(H,29,34). The molecule has 174 valence electrons. The number of anilines is 1. The average molecular weight is 494 g/mol. The molecule has 5 rings (SSSR count). The summed E-state index contributed by atoms with van der Waals surface area (Å²) in [5.41, 5.74) is 6.04. The van der Waals surface area contributed by atoms with Crippen molar-refractivity contribution in [2.45, 2.75) is 32.4 Å². The number of hydrogen-bond donors (Lipinski definition) is 2. The Labute approximate surface area is 208 Å². The van der Waals surface area contributed by atoms with E-state index in [4.69, 9.17) is 28.9 Å². The molecule has 5 nitrogen and oxygen atoms in total. The summed E-state index contributed by atoms with van der Waals surface area (Å²) in [4.78, 5) is 0.600. The lowest BCUT2D eigenvalue weighted by molar-refractivity contribution is 0.619. The highest BCUT2D eigenvalue weighted by Crippen LogP contribution is 2.37. The molecule has 0 unspecified atom stereocenters. The van der Waals surface area contributed by atoms with Crippen LogP contribution >= 0.6 is 23.8 Å². The minimum atomic E-state index is -0.259. The molecule has 0 radical (unpaired) electrons. The van der Waals surface area contributed by atoms with Crippen LogP contribution in [0.15, 0.2) is 61.2 Å². The van der Waals surface area contributed by atoms with E-state index in [1.54, 1.807) is 6.08 Å². The highest BCUT2D eigenvalue weighted by molar-refractivity contribution is 7.80. The maximum absolute atomic E-state index is 13.7. The fourth-order valence-corrected chi connectivity index (χ4v) is 4.97. The molecule has 1 aliphatic heterocycles. The van der Waals surface area contributed by atoms with Gasteiger partial charge in [0.15, 0.2) is 5.82 Å². The first-order valence-corrected chi connectivity index (χ1v) is 12.1. The molecular formula is C26H25ClFN5S. The van der Waals surface area contributed by atoms with Crippen LogP contribution < -0.4 is 10.6 Å². The zero-order valence-corrected chi connectivity index (χ0v) is 20.2. The van der Waals surface area contributed by atoms with Crippen molar-refractivity contribution < 1.29 is 4.39 Å². The molecule has 0 saturated carbocycles. The first-order valence-electron chi connectivity index (χ1n) is 11.3. The number of thiocarbonyl (C=S) groups is 1. The number of hydrogen-bond acceptors (Lipinski definition) is 3. The molecule has 2 N–H and O–H groups in total. The third-order valence-electron chi connectivity index (χ3n) is 6.11. The molecule has 3 heterocycles. The molecule has 0 saturated heterocycles. The summed E-state index contributed by atoms with van der Waals surface area (Å²) < 4.78 is 18.0. The van der Waals surface area contributed by atoms with Crippen LogP contribution in [0.1, 0.15) is 29.9 Å². The second-order valence-corrected chi connectivity index (χ2v) is 9.17. The zero-order chi connectivity index (χ0) is 23.7. The van der Waals surface area contributed by atoms with Crippen molar-refractivity contribution in [3.8, 4) is 11.1 Å². The van der Waals surface area contributed by atoms with Gasteiger partial charge in [0.1, 0.15) is 22.1 Å². The highest BCUT2D eigenvalue weighted by atomic mass is 35.5. The number of halogens is 2. The van der Waals surface area contributed by atoms with Gasteiger partial charge < -0.3 is 15.2 Å². The predicted molar refractivity (Wildman–Crippen MR) is 140 cm³/mol. The van der Waals surface area contributed by atoms with E-state index in [9.17, 15) is 4.39 Å².